The van der Waals surface area contributed by atoms with Gasteiger partial charge in [-0.15, -0.1) is 12.4 Å². The van der Waals surface area contributed by atoms with E-state index in [0.29, 0.717) is 23.9 Å². The summed E-state index contributed by atoms with van der Waals surface area (Å²) in [5.41, 5.74) is 6.09. The van der Waals surface area contributed by atoms with Crippen molar-refractivity contribution in [3.05, 3.63) is 46.4 Å². The first-order valence-corrected chi connectivity index (χ1v) is 6.96. The molecule has 0 aliphatic heterocycles. The van der Waals surface area contributed by atoms with Crippen LogP contribution in [0.5, 0.6) is 0 Å². The van der Waals surface area contributed by atoms with Gasteiger partial charge in [-0.05, 0) is 43.0 Å². The maximum absolute atomic E-state index is 12.0. The average molecular weight is 324 g/mol. The number of aromatic amines is 1. The van der Waals surface area contributed by atoms with E-state index < -0.39 is 11.5 Å². The molecule has 0 radical (unpaired) electrons. The van der Waals surface area contributed by atoms with Gasteiger partial charge in [-0.2, -0.15) is 0 Å². The van der Waals surface area contributed by atoms with Gasteiger partial charge in [-0.3, -0.25) is 9.59 Å². The Morgan fingerprint density at radius 1 is 1.41 bits per heavy atom. The molecule has 1 aliphatic carbocycles. The molecule has 0 saturated heterocycles. The highest BCUT2D eigenvalue weighted by molar-refractivity contribution is 5.94. The summed E-state index contributed by atoms with van der Waals surface area (Å²) in [7, 11) is 0. The van der Waals surface area contributed by atoms with Crippen LogP contribution in [-0.4, -0.2) is 23.5 Å². The average Bonchev–Trinajstić information content (AvgIpc) is 3.19. The first-order chi connectivity index (χ1) is 10.1. The summed E-state index contributed by atoms with van der Waals surface area (Å²) < 4.78 is 5.20. The summed E-state index contributed by atoms with van der Waals surface area (Å²) in [5, 5.41) is 2.71. The van der Waals surface area contributed by atoms with Crippen molar-refractivity contribution < 1.29 is 9.21 Å². The van der Waals surface area contributed by atoms with E-state index in [-0.39, 0.29) is 24.0 Å². The third-order valence-corrected chi connectivity index (χ3v) is 3.67. The monoisotopic (exact) mass is 323 g/mol. The minimum atomic E-state index is -0.443. The van der Waals surface area contributed by atoms with Crippen molar-refractivity contribution in [2.24, 2.45) is 11.7 Å². The number of halogens is 1. The molecule has 1 saturated carbocycles. The standard InChI is InChI=1S/C15H17N3O3.ClH/c16-11(9-3-4-9)8-17-14(19)10-5-6-12(18-15(10)20)13-2-1-7-21-13;/h1-2,5-7,9,11H,3-4,8,16H2,(H,17,19)(H,18,20);1H. The molecule has 1 fully saturated rings. The van der Waals surface area contributed by atoms with Crippen molar-refractivity contribution >= 4 is 18.3 Å². The molecule has 7 heteroatoms. The Hall–Kier alpha value is -2.05. The summed E-state index contributed by atoms with van der Waals surface area (Å²) in [5.74, 6) is 0.651. The number of nitrogens with one attached hydrogen (secondary N) is 2. The first kappa shape index (κ1) is 16.3. The fourth-order valence-electron chi connectivity index (χ4n) is 2.22. The highest BCUT2D eigenvalue weighted by Crippen LogP contribution is 2.31. The third kappa shape index (κ3) is 3.58. The van der Waals surface area contributed by atoms with Gasteiger partial charge in [0.2, 0.25) is 0 Å². The Labute approximate surface area is 133 Å². The zero-order valence-corrected chi connectivity index (χ0v) is 12.7. The number of amides is 1. The summed E-state index contributed by atoms with van der Waals surface area (Å²) >= 11 is 0. The number of carbonyl (C=O) groups is 1. The summed E-state index contributed by atoms with van der Waals surface area (Å²) in [6.45, 7) is 0.392. The predicted octanol–water partition coefficient (Wildman–Crippen LogP) is 1.52. The van der Waals surface area contributed by atoms with Crippen LogP contribution in [0.4, 0.5) is 0 Å². The van der Waals surface area contributed by atoms with Crippen LogP contribution in [0.25, 0.3) is 11.5 Å². The van der Waals surface area contributed by atoms with Gasteiger partial charge in [0.05, 0.1) is 12.0 Å². The highest BCUT2D eigenvalue weighted by Gasteiger charge is 2.28. The normalized spacial score (nSPS) is 15.0. The van der Waals surface area contributed by atoms with Gasteiger partial charge in [-0.1, -0.05) is 0 Å². The van der Waals surface area contributed by atoms with Crippen LogP contribution in [0.2, 0.25) is 0 Å². The van der Waals surface area contributed by atoms with Crippen molar-refractivity contribution in [2.45, 2.75) is 18.9 Å². The fourth-order valence-corrected chi connectivity index (χ4v) is 2.22. The molecule has 1 atom stereocenters. The fraction of sp³-hybridized carbons (Fsp3) is 0.333. The number of H-pyrrole nitrogens is 1. The Bertz CT molecular complexity index is 692. The molecule has 6 nitrogen and oxygen atoms in total. The molecule has 1 unspecified atom stereocenters. The second-order valence-corrected chi connectivity index (χ2v) is 5.30. The SMILES string of the molecule is Cl.NC(CNC(=O)c1ccc(-c2ccco2)[nH]c1=O)C1CC1. The molecule has 4 N–H and O–H groups in total. The summed E-state index contributed by atoms with van der Waals surface area (Å²) in [6.07, 6.45) is 3.76. The lowest BCUT2D eigenvalue weighted by Crippen LogP contribution is -2.40. The van der Waals surface area contributed by atoms with Crippen LogP contribution in [0.3, 0.4) is 0 Å². The van der Waals surface area contributed by atoms with E-state index in [4.69, 9.17) is 10.2 Å². The van der Waals surface area contributed by atoms with Crippen molar-refractivity contribution in [2.75, 3.05) is 6.54 Å². The molecule has 3 rings (SSSR count). The van der Waals surface area contributed by atoms with Gasteiger partial charge in [0.25, 0.3) is 11.5 Å². The second kappa shape index (κ2) is 6.81. The van der Waals surface area contributed by atoms with Crippen molar-refractivity contribution in [3.63, 3.8) is 0 Å². The van der Waals surface area contributed by atoms with Gasteiger partial charge in [0, 0.05) is 12.6 Å². The molecule has 2 aromatic rings. The molecule has 0 aromatic carbocycles. The number of nitrogens with two attached hydrogens (primary N) is 1. The number of pyridine rings is 1. The molecule has 2 aromatic heterocycles. The quantitative estimate of drug-likeness (QED) is 0.776. The topological polar surface area (TPSA) is 101 Å². The lowest BCUT2D eigenvalue weighted by molar-refractivity contribution is 0.0949. The molecule has 1 amide bonds. The van der Waals surface area contributed by atoms with Crippen LogP contribution in [0.15, 0.2) is 39.7 Å². The Morgan fingerprint density at radius 2 is 2.18 bits per heavy atom. The molecular weight excluding hydrogens is 306 g/mol. The van der Waals surface area contributed by atoms with Crippen LogP contribution in [-0.2, 0) is 0 Å². The van der Waals surface area contributed by atoms with Crippen LogP contribution < -0.4 is 16.6 Å². The Morgan fingerprint density at radius 3 is 2.77 bits per heavy atom. The molecule has 0 bridgehead atoms. The van der Waals surface area contributed by atoms with E-state index in [1.165, 1.54) is 12.3 Å². The summed E-state index contributed by atoms with van der Waals surface area (Å²) in [4.78, 5) is 26.6. The van der Waals surface area contributed by atoms with E-state index in [1.807, 2.05) is 0 Å². The zero-order chi connectivity index (χ0) is 14.8. The number of hydrogen-bond acceptors (Lipinski definition) is 4. The van der Waals surface area contributed by atoms with Crippen LogP contribution in [0, 0.1) is 5.92 Å². The number of rotatable bonds is 5. The van der Waals surface area contributed by atoms with Crippen molar-refractivity contribution in [3.8, 4) is 11.5 Å². The van der Waals surface area contributed by atoms with E-state index in [0.717, 1.165) is 12.8 Å². The van der Waals surface area contributed by atoms with E-state index in [9.17, 15) is 9.59 Å². The van der Waals surface area contributed by atoms with Gasteiger partial charge < -0.3 is 20.5 Å². The molecule has 2 heterocycles. The van der Waals surface area contributed by atoms with Gasteiger partial charge in [-0.25, -0.2) is 0 Å². The van der Waals surface area contributed by atoms with Crippen LogP contribution in [0.1, 0.15) is 23.2 Å². The molecule has 0 spiro atoms. The molecule has 118 valence electrons. The van der Waals surface area contributed by atoms with Gasteiger partial charge in [0.15, 0.2) is 0 Å². The lowest BCUT2D eigenvalue weighted by Gasteiger charge is -2.11. The third-order valence-electron chi connectivity index (χ3n) is 3.67. The number of carbonyl (C=O) groups excluding carboxylic acids is 1. The lowest BCUT2D eigenvalue weighted by atomic mass is 10.2. The zero-order valence-electron chi connectivity index (χ0n) is 11.9. The predicted molar refractivity (Wildman–Crippen MR) is 85.0 cm³/mol. The van der Waals surface area contributed by atoms with Gasteiger partial charge >= 0.3 is 0 Å². The second-order valence-electron chi connectivity index (χ2n) is 5.30. The maximum Gasteiger partial charge on any atom is 0.261 e. The summed E-state index contributed by atoms with van der Waals surface area (Å²) in [6, 6.07) is 6.58. The smallest absolute Gasteiger partial charge is 0.261 e. The Balaban J connectivity index is 0.00000176. The number of hydrogen-bond donors (Lipinski definition) is 3. The minimum absolute atomic E-state index is 0. The first-order valence-electron chi connectivity index (χ1n) is 6.96. The van der Waals surface area contributed by atoms with E-state index in [1.54, 1.807) is 18.2 Å². The maximum atomic E-state index is 12.0. The Kier molecular flexibility index (Phi) is 5.05. The molecule has 22 heavy (non-hydrogen) atoms. The highest BCUT2D eigenvalue weighted by atomic mass is 35.5. The van der Waals surface area contributed by atoms with E-state index >= 15 is 0 Å². The van der Waals surface area contributed by atoms with Crippen molar-refractivity contribution in [1.29, 1.82) is 0 Å². The minimum Gasteiger partial charge on any atom is -0.463 e. The number of furan rings is 1. The molecular formula is C15H18ClN3O3. The number of aromatic nitrogens is 1. The largest absolute Gasteiger partial charge is 0.463 e. The molecule has 1 aliphatic rings. The van der Waals surface area contributed by atoms with Crippen molar-refractivity contribution in [1.82, 2.24) is 10.3 Å². The van der Waals surface area contributed by atoms with Crippen LogP contribution >= 0.6 is 12.4 Å². The van der Waals surface area contributed by atoms with Gasteiger partial charge in [0.1, 0.15) is 11.3 Å². The van der Waals surface area contributed by atoms with E-state index in [2.05, 4.69) is 10.3 Å².